The molecule has 0 heterocycles. The van der Waals surface area contributed by atoms with Gasteiger partial charge < -0.3 is 15.1 Å². The molecule has 0 aliphatic heterocycles. The first kappa shape index (κ1) is 24.5. The zero-order chi connectivity index (χ0) is 22.2. The normalized spacial score (nSPS) is 27.7. The van der Waals surface area contributed by atoms with Crippen LogP contribution in [0.5, 0.6) is 0 Å². The lowest BCUT2D eigenvalue weighted by Crippen LogP contribution is -2.61. The highest BCUT2D eigenvalue weighted by Crippen LogP contribution is 2.55. The minimum Gasteiger partial charge on any atom is -0.349 e. The number of carbonyl (C=O) groups is 2. The Balaban J connectivity index is 0.00000289. The summed E-state index contributed by atoms with van der Waals surface area (Å²) in [4.78, 5) is 40.1. The van der Waals surface area contributed by atoms with Gasteiger partial charge >= 0.3 is 0 Å². The van der Waals surface area contributed by atoms with Crippen LogP contribution in [-0.2, 0) is 4.79 Å². The van der Waals surface area contributed by atoms with Gasteiger partial charge in [-0.1, -0.05) is 0 Å². The minimum absolute atomic E-state index is 0. The van der Waals surface area contributed by atoms with Crippen molar-refractivity contribution in [3.8, 4) is 0 Å². The van der Waals surface area contributed by atoms with E-state index < -0.39 is 4.92 Å². The fraction of sp³-hybridized carbons (Fsp3) is 0.652. The van der Waals surface area contributed by atoms with Crippen LogP contribution in [0.25, 0.3) is 0 Å². The van der Waals surface area contributed by atoms with Gasteiger partial charge in [0.1, 0.15) is 0 Å². The van der Waals surface area contributed by atoms with E-state index in [-0.39, 0.29) is 42.0 Å². The molecule has 0 atom stereocenters. The zero-order valence-corrected chi connectivity index (χ0v) is 19.6. The molecule has 0 saturated heterocycles. The van der Waals surface area contributed by atoms with Crippen LogP contribution in [0.1, 0.15) is 48.9 Å². The molecular formula is C23H33ClN4O4. The fourth-order valence-corrected chi connectivity index (χ4v) is 6.25. The summed E-state index contributed by atoms with van der Waals surface area (Å²) in [6, 6.07) is 5.57. The van der Waals surface area contributed by atoms with E-state index in [9.17, 15) is 19.7 Å². The standard InChI is InChI=1S/C23H32N4O4.ClH/c1-25(2)7-8-26(22(29)19-3-5-20(6-4-19)27(30)31)15-21(28)24-23-12-16-9-17(13-23)11-18(10-16)14-23;/h3-6,16-18H,7-15H2,1-2H3,(H,24,28);1H. The predicted molar refractivity (Wildman–Crippen MR) is 124 cm³/mol. The van der Waals surface area contributed by atoms with Crippen LogP contribution in [0.15, 0.2) is 24.3 Å². The number of hydrogen-bond donors (Lipinski definition) is 1. The second-order valence-corrected chi connectivity index (χ2v) is 10.1. The molecule has 4 saturated carbocycles. The smallest absolute Gasteiger partial charge is 0.269 e. The third-order valence-corrected chi connectivity index (χ3v) is 7.21. The number of likely N-dealkylation sites (N-methyl/N-ethyl adjacent to an activating group) is 1. The Bertz CT molecular complexity index is 823. The number of nitro groups is 1. The van der Waals surface area contributed by atoms with Crippen LogP contribution in [0.3, 0.4) is 0 Å². The van der Waals surface area contributed by atoms with Crippen molar-refractivity contribution >= 4 is 29.9 Å². The molecule has 1 N–H and O–H groups in total. The highest BCUT2D eigenvalue weighted by Gasteiger charge is 2.51. The topological polar surface area (TPSA) is 95.8 Å². The first-order chi connectivity index (χ1) is 14.7. The lowest BCUT2D eigenvalue weighted by Gasteiger charge is -2.57. The lowest BCUT2D eigenvalue weighted by atomic mass is 9.53. The van der Waals surface area contributed by atoms with Crippen LogP contribution < -0.4 is 5.32 Å². The van der Waals surface area contributed by atoms with E-state index in [4.69, 9.17) is 0 Å². The van der Waals surface area contributed by atoms with Gasteiger partial charge in [0.05, 0.1) is 11.5 Å². The van der Waals surface area contributed by atoms with Gasteiger partial charge in [-0.3, -0.25) is 19.7 Å². The molecule has 1 aromatic carbocycles. The maximum atomic E-state index is 13.1. The van der Waals surface area contributed by atoms with E-state index in [1.807, 2.05) is 19.0 Å². The predicted octanol–water partition coefficient (Wildman–Crippen LogP) is 3.11. The van der Waals surface area contributed by atoms with Gasteiger partial charge in [0, 0.05) is 36.3 Å². The highest BCUT2D eigenvalue weighted by molar-refractivity contribution is 5.96. The molecule has 0 spiro atoms. The quantitative estimate of drug-likeness (QED) is 0.471. The van der Waals surface area contributed by atoms with Crippen molar-refractivity contribution in [3.05, 3.63) is 39.9 Å². The average molecular weight is 465 g/mol. The van der Waals surface area contributed by atoms with Crippen LogP contribution in [0, 0.1) is 27.9 Å². The summed E-state index contributed by atoms with van der Waals surface area (Å²) in [6.45, 7) is 1.05. The van der Waals surface area contributed by atoms with Gasteiger partial charge in [0.25, 0.3) is 11.6 Å². The number of rotatable bonds is 8. The molecule has 32 heavy (non-hydrogen) atoms. The largest absolute Gasteiger partial charge is 0.349 e. The molecule has 5 rings (SSSR count). The van der Waals surface area contributed by atoms with Gasteiger partial charge in [0.2, 0.25) is 5.91 Å². The van der Waals surface area contributed by atoms with E-state index >= 15 is 0 Å². The van der Waals surface area contributed by atoms with Crippen molar-refractivity contribution in [2.45, 2.75) is 44.1 Å². The molecule has 2 amide bonds. The Morgan fingerprint density at radius 2 is 1.56 bits per heavy atom. The number of nitrogens with zero attached hydrogens (tertiary/aromatic N) is 3. The van der Waals surface area contributed by atoms with Crippen molar-refractivity contribution in [2.75, 3.05) is 33.7 Å². The van der Waals surface area contributed by atoms with Crippen molar-refractivity contribution in [1.29, 1.82) is 0 Å². The summed E-state index contributed by atoms with van der Waals surface area (Å²) in [5, 5.41) is 14.2. The number of nitrogens with one attached hydrogen (secondary N) is 1. The van der Waals surface area contributed by atoms with Crippen molar-refractivity contribution < 1.29 is 14.5 Å². The Labute approximate surface area is 195 Å². The van der Waals surface area contributed by atoms with E-state index in [1.54, 1.807) is 4.90 Å². The lowest BCUT2D eigenvalue weighted by molar-refractivity contribution is -0.384. The van der Waals surface area contributed by atoms with Crippen LogP contribution >= 0.6 is 12.4 Å². The maximum absolute atomic E-state index is 13.1. The summed E-state index contributed by atoms with van der Waals surface area (Å²) in [5.41, 5.74) is 0.207. The first-order valence-corrected chi connectivity index (χ1v) is 11.2. The van der Waals surface area contributed by atoms with Gasteiger partial charge in [-0.25, -0.2) is 0 Å². The summed E-state index contributed by atoms with van der Waals surface area (Å²) in [5.74, 6) is 1.82. The highest BCUT2D eigenvalue weighted by atomic mass is 35.5. The van der Waals surface area contributed by atoms with Crippen molar-refractivity contribution in [2.24, 2.45) is 17.8 Å². The first-order valence-electron chi connectivity index (χ1n) is 11.2. The molecule has 0 unspecified atom stereocenters. The Hall–Kier alpha value is -2.19. The second kappa shape index (κ2) is 9.75. The number of benzene rings is 1. The average Bonchev–Trinajstić information content (AvgIpc) is 2.69. The molecule has 4 fully saturated rings. The Kier molecular flexibility index (Phi) is 7.45. The second-order valence-electron chi connectivity index (χ2n) is 10.1. The maximum Gasteiger partial charge on any atom is 0.269 e. The van der Waals surface area contributed by atoms with Gasteiger partial charge in [-0.05, 0) is 82.5 Å². The van der Waals surface area contributed by atoms with E-state index in [2.05, 4.69) is 5.32 Å². The Morgan fingerprint density at radius 3 is 2.03 bits per heavy atom. The summed E-state index contributed by atoms with van der Waals surface area (Å²) >= 11 is 0. The van der Waals surface area contributed by atoms with E-state index in [0.717, 1.165) is 37.0 Å². The van der Waals surface area contributed by atoms with E-state index in [0.29, 0.717) is 18.7 Å². The third-order valence-electron chi connectivity index (χ3n) is 7.21. The molecule has 4 aliphatic carbocycles. The SMILES string of the molecule is CN(C)CCN(CC(=O)NC12CC3CC(CC(C3)C1)C2)C(=O)c1ccc([N+](=O)[O-])cc1.Cl. The fourth-order valence-electron chi connectivity index (χ4n) is 6.25. The summed E-state index contributed by atoms with van der Waals surface area (Å²) < 4.78 is 0. The molecule has 8 nitrogen and oxygen atoms in total. The number of hydrogen-bond acceptors (Lipinski definition) is 5. The van der Waals surface area contributed by atoms with Gasteiger partial charge in [-0.15, -0.1) is 12.4 Å². The molecule has 4 aliphatic rings. The van der Waals surface area contributed by atoms with Gasteiger partial charge in [-0.2, -0.15) is 0 Å². The minimum atomic E-state index is -0.489. The summed E-state index contributed by atoms with van der Waals surface area (Å²) in [7, 11) is 3.84. The molecule has 0 radical (unpaired) electrons. The summed E-state index contributed by atoms with van der Waals surface area (Å²) in [6.07, 6.45) is 7.13. The zero-order valence-electron chi connectivity index (χ0n) is 18.8. The third kappa shape index (κ3) is 5.41. The van der Waals surface area contributed by atoms with Crippen LogP contribution in [-0.4, -0.2) is 65.8 Å². The molecular weight excluding hydrogens is 432 g/mol. The number of amides is 2. The number of halogens is 1. The van der Waals surface area contributed by atoms with E-state index in [1.165, 1.54) is 43.5 Å². The van der Waals surface area contributed by atoms with Crippen LogP contribution in [0.2, 0.25) is 0 Å². The Morgan fingerprint density at radius 1 is 1.03 bits per heavy atom. The van der Waals surface area contributed by atoms with Crippen molar-refractivity contribution in [3.63, 3.8) is 0 Å². The van der Waals surface area contributed by atoms with Gasteiger partial charge in [0.15, 0.2) is 0 Å². The monoisotopic (exact) mass is 464 g/mol. The molecule has 9 heteroatoms. The van der Waals surface area contributed by atoms with Crippen LogP contribution in [0.4, 0.5) is 5.69 Å². The number of nitro benzene ring substituents is 1. The molecule has 0 aromatic heterocycles. The van der Waals surface area contributed by atoms with Crippen molar-refractivity contribution in [1.82, 2.24) is 15.1 Å². The number of carbonyl (C=O) groups excluding carboxylic acids is 2. The molecule has 176 valence electrons. The molecule has 4 bridgehead atoms. The number of non-ortho nitro benzene ring substituents is 1. The molecule has 1 aromatic rings.